The molecule has 0 radical (unpaired) electrons. The fraction of sp³-hybridized carbons (Fsp3) is 1.00. The van der Waals surface area contributed by atoms with Crippen LogP contribution in [-0.4, -0.2) is 19.3 Å². The van der Waals surface area contributed by atoms with Crippen LogP contribution < -0.4 is 11.3 Å². The minimum Gasteiger partial charge on any atom is -0.381 e. The molecule has 1 aliphatic carbocycles. The van der Waals surface area contributed by atoms with Gasteiger partial charge in [0, 0.05) is 19.3 Å². The van der Waals surface area contributed by atoms with E-state index in [0.717, 1.165) is 25.0 Å². The number of hydrogen-bond donors (Lipinski definition) is 2. The fourth-order valence-electron chi connectivity index (χ4n) is 2.53. The van der Waals surface area contributed by atoms with Crippen molar-refractivity contribution in [2.24, 2.45) is 17.7 Å². The summed E-state index contributed by atoms with van der Waals surface area (Å²) in [5.74, 6) is 7.22. The number of hydrazine groups is 1. The third-order valence-corrected chi connectivity index (χ3v) is 3.62. The van der Waals surface area contributed by atoms with E-state index >= 15 is 0 Å². The number of rotatable bonds is 3. The first-order valence-electron chi connectivity index (χ1n) is 5.45. The number of ether oxygens (including phenoxy) is 1. The highest BCUT2D eigenvalue weighted by Crippen LogP contribution is 2.35. The zero-order chi connectivity index (χ0) is 9.10. The molecule has 0 bridgehead atoms. The van der Waals surface area contributed by atoms with Crippen molar-refractivity contribution >= 4 is 0 Å². The van der Waals surface area contributed by atoms with Crippen LogP contribution >= 0.6 is 0 Å². The van der Waals surface area contributed by atoms with E-state index < -0.39 is 0 Å². The predicted octanol–water partition coefficient (Wildman–Crippen LogP) is 1.04. The number of hydrogen-bond acceptors (Lipinski definition) is 3. The van der Waals surface area contributed by atoms with Crippen LogP contribution in [0, 0.1) is 11.8 Å². The summed E-state index contributed by atoms with van der Waals surface area (Å²) in [5.41, 5.74) is 3.02. The van der Waals surface area contributed by atoms with E-state index in [4.69, 9.17) is 10.6 Å². The number of nitrogens with two attached hydrogens (primary N) is 1. The van der Waals surface area contributed by atoms with Gasteiger partial charge in [0.1, 0.15) is 0 Å². The van der Waals surface area contributed by atoms with Crippen LogP contribution in [0.1, 0.15) is 32.1 Å². The lowest BCUT2D eigenvalue weighted by Gasteiger charge is -2.39. The summed E-state index contributed by atoms with van der Waals surface area (Å²) in [7, 11) is 0. The van der Waals surface area contributed by atoms with Gasteiger partial charge < -0.3 is 4.74 Å². The van der Waals surface area contributed by atoms with Gasteiger partial charge in [-0.3, -0.25) is 11.3 Å². The molecule has 1 saturated heterocycles. The quantitative estimate of drug-likeness (QED) is 0.509. The van der Waals surface area contributed by atoms with Gasteiger partial charge in [-0.15, -0.1) is 0 Å². The highest BCUT2D eigenvalue weighted by Gasteiger charge is 2.33. The molecular formula is C10H20N2O. The van der Waals surface area contributed by atoms with E-state index in [2.05, 4.69) is 5.43 Å². The topological polar surface area (TPSA) is 47.3 Å². The van der Waals surface area contributed by atoms with Crippen molar-refractivity contribution in [1.29, 1.82) is 0 Å². The molecule has 2 fully saturated rings. The van der Waals surface area contributed by atoms with Crippen molar-refractivity contribution in [2.75, 3.05) is 13.2 Å². The SMILES string of the molecule is NNC(C1CCC1)C1CCOCC1. The van der Waals surface area contributed by atoms with Crippen LogP contribution in [-0.2, 0) is 4.74 Å². The van der Waals surface area contributed by atoms with Crippen LogP contribution in [0.25, 0.3) is 0 Å². The van der Waals surface area contributed by atoms with Gasteiger partial charge in [0.2, 0.25) is 0 Å². The normalized spacial score (nSPS) is 28.4. The van der Waals surface area contributed by atoms with Crippen LogP contribution in [0.2, 0.25) is 0 Å². The molecule has 0 spiro atoms. The molecule has 1 aliphatic heterocycles. The molecule has 0 aromatic heterocycles. The Labute approximate surface area is 80.0 Å². The fourth-order valence-corrected chi connectivity index (χ4v) is 2.53. The van der Waals surface area contributed by atoms with Gasteiger partial charge in [-0.05, 0) is 37.5 Å². The molecule has 0 aromatic rings. The second-order valence-corrected chi connectivity index (χ2v) is 4.33. The third kappa shape index (κ3) is 2.03. The summed E-state index contributed by atoms with van der Waals surface area (Å²) in [6.45, 7) is 1.85. The number of nitrogens with one attached hydrogen (secondary N) is 1. The van der Waals surface area contributed by atoms with Gasteiger partial charge >= 0.3 is 0 Å². The maximum Gasteiger partial charge on any atom is 0.0469 e. The summed E-state index contributed by atoms with van der Waals surface area (Å²) in [6, 6.07) is 0.553. The lowest BCUT2D eigenvalue weighted by atomic mass is 9.73. The molecule has 76 valence electrons. The van der Waals surface area contributed by atoms with E-state index in [1.165, 1.54) is 32.1 Å². The molecule has 0 amide bonds. The zero-order valence-electron chi connectivity index (χ0n) is 8.17. The molecule has 3 N–H and O–H groups in total. The summed E-state index contributed by atoms with van der Waals surface area (Å²) in [5, 5.41) is 0. The van der Waals surface area contributed by atoms with Gasteiger partial charge in [0.15, 0.2) is 0 Å². The standard InChI is InChI=1S/C10H20N2O/c11-12-10(8-2-1-3-8)9-4-6-13-7-5-9/h8-10,12H,1-7,11H2. The molecular weight excluding hydrogens is 164 g/mol. The first-order valence-corrected chi connectivity index (χ1v) is 5.45. The summed E-state index contributed by atoms with van der Waals surface area (Å²) >= 11 is 0. The molecule has 13 heavy (non-hydrogen) atoms. The second kappa shape index (κ2) is 4.40. The van der Waals surface area contributed by atoms with E-state index in [1.807, 2.05) is 0 Å². The Morgan fingerprint density at radius 1 is 1.08 bits per heavy atom. The lowest BCUT2D eigenvalue weighted by Crippen LogP contribution is -2.49. The lowest BCUT2D eigenvalue weighted by molar-refractivity contribution is 0.0352. The van der Waals surface area contributed by atoms with Crippen molar-refractivity contribution in [1.82, 2.24) is 5.43 Å². The molecule has 1 heterocycles. The summed E-state index contributed by atoms with van der Waals surface area (Å²) < 4.78 is 5.36. The van der Waals surface area contributed by atoms with Crippen LogP contribution in [0.15, 0.2) is 0 Å². The van der Waals surface area contributed by atoms with Gasteiger partial charge in [-0.1, -0.05) is 6.42 Å². The maximum absolute atomic E-state index is 5.62. The predicted molar refractivity (Wildman–Crippen MR) is 52.0 cm³/mol. The van der Waals surface area contributed by atoms with Crippen LogP contribution in [0.3, 0.4) is 0 Å². The smallest absolute Gasteiger partial charge is 0.0469 e. The Morgan fingerprint density at radius 3 is 2.15 bits per heavy atom. The first-order chi connectivity index (χ1) is 6.42. The molecule has 1 saturated carbocycles. The minimum absolute atomic E-state index is 0.553. The van der Waals surface area contributed by atoms with Crippen molar-refractivity contribution in [2.45, 2.75) is 38.1 Å². The van der Waals surface area contributed by atoms with Crippen molar-refractivity contribution in [3.63, 3.8) is 0 Å². The Hall–Kier alpha value is -0.120. The summed E-state index contributed by atoms with van der Waals surface area (Å²) in [6.07, 6.45) is 6.50. The molecule has 2 rings (SSSR count). The second-order valence-electron chi connectivity index (χ2n) is 4.33. The average molecular weight is 184 g/mol. The van der Waals surface area contributed by atoms with Gasteiger partial charge in [-0.2, -0.15) is 0 Å². The van der Waals surface area contributed by atoms with Crippen LogP contribution in [0.4, 0.5) is 0 Å². The minimum atomic E-state index is 0.553. The first kappa shape index (κ1) is 9.44. The molecule has 2 aliphatic rings. The maximum atomic E-state index is 5.62. The highest BCUT2D eigenvalue weighted by molar-refractivity contribution is 4.87. The Kier molecular flexibility index (Phi) is 3.19. The largest absolute Gasteiger partial charge is 0.381 e. The highest BCUT2D eigenvalue weighted by atomic mass is 16.5. The Balaban J connectivity index is 1.86. The zero-order valence-corrected chi connectivity index (χ0v) is 8.17. The van der Waals surface area contributed by atoms with Crippen LogP contribution in [0.5, 0.6) is 0 Å². The van der Waals surface area contributed by atoms with Gasteiger partial charge in [-0.25, -0.2) is 0 Å². The van der Waals surface area contributed by atoms with E-state index in [-0.39, 0.29) is 0 Å². The monoisotopic (exact) mass is 184 g/mol. The van der Waals surface area contributed by atoms with Crippen molar-refractivity contribution in [3.05, 3.63) is 0 Å². The average Bonchev–Trinajstić information content (AvgIpc) is 2.12. The van der Waals surface area contributed by atoms with Gasteiger partial charge in [0.05, 0.1) is 0 Å². The van der Waals surface area contributed by atoms with Crippen molar-refractivity contribution in [3.8, 4) is 0 Å². The van der Waals surface area contributed by atoms with E-state index in [0.29, 0.717) is 6.04 Å². The van der Waals surface area contributed by atoms with E-state index in [9.17, 15) is 0 Å². The molecule has 1 atom stereocenters. The molecule has 0 aromatic carbocycles. The molecule has 1 unspecified atom stereocenters. The molecule has 3 heteroatoms. The van der Waals surface area contributed by atoms with E-state index in [1.54, 1.807) is 0 Å². The third-order valence-electron chi connectivity index (χ3n) is 3.62. The summed E-state index contributed by atoms with van der Waals surface area (Å²) in [4.78, 5) is 0. The Bertz CT molecular complexity index is 153. The van der Waals surface area contributed by atoms with Gasteiger partial charge in [0.25, 0.3) is 0 Å². The Morgan fingerprint density at radius 2 is 1.69 bits per heavy atom. The van der Waals surface area contributed by atoms with Crippen molar-refractivity contribution < 1.29 is 4.74 Å². The molecule has 3 nitrogen and oxygen atoms in total.